The first-order chi connectivity index (χ1) is 14.2. The van der Waals surface area contributed by atoms with Gasteiger partial charge in [-0.3, -0.25) is 0 Å². The van der Waals surface area contributed by atoms with Crippen LogP contribution < -0.4 is 4.72 Å². The zero-order valence-electron chi connectivity index (χ0n) is 16.1. The molecule has 0 aliphatic heterocycles. The quantitative estimate of drug-likeness (QED) is 0.355. The summed E-state index contributed by atoms with van der Waals surface area (Å²) in [5.41, 5.74) is 2.94. The third-order valence-electron chi connectivity index (χ3n) is 5.02. The van der Waals surface area contributed by atoms with E-state index in [2.05, 4.69) is 36.6 Å². The first-order valence-electron chi connectivity index (χ1n) is 9.36. The van der Waals surface area contributed by atoms with Gasteiger partial charge in [-0.25, -0.2) is 13.1 Å². The van der Waals surface area contributed by atoms with Crippen molar-refractivity contribution in [1.29, 1.82) is 0 Å². The maximum absolute atomic E-state index is 12.5. The molecular weight excluding hydrogens is 532 g/mol. The lowest BCUT2D eigenvalue weighted by Crippen LogP contribution is -2.34. The first kappa shape index (κ1) is 21.5. The molecule has 0 aliphatic carbocycles. The second-order valence-electron chi connectivity index (χ2n) is 7.25. The van der Waals surface area contributed by atoms with Crippen LogP contribution in [-0.4, -0.2) is 30.7 Å². The number of hydrogen-bond acceptors (Lipinski definition) is 3. The predicted molar refractivity (Wildman–Crippen MR) is 127 cm³/mol. The summed E-state index contributed by atoms with van der Waals surface area (Å²) in [5, 5.41) is 12.8. The van der Waals surface area contributed by atoms with E-state index in [1.54, 1.807) is 24.3 Å². The Morgan fingerprint density at radius 1 is 0.933 bits per heavy atom. The highest BCUT2D eigenvalue weighted by Gasteiger charge is 2.18. The second kappa shape index (κ2) is 8.43. The van der Waals surface area contributed by atoms with E-state index in [-0.39, 0.29) is 18.0 Å². The average molecular weight is 552 g/mol. The van der Waals surface area contributed by atoms with Crippen molar-refractivity contribution in [1.82, 2.24) is 9.29 Å². The number of nitrogens with zero attached hydrogens (tertiary/aromatic N) is 1. The van der Waals surface area contributed by atoms with Crippen LogP contribution in [0.5, 0.6) is 0 Å². The van der Waals surface area contributed by atoms with E-state index in [9.17, 15) is 13.5 Å². The number of aromatic nitrogens is 1. The fourth-order valence-corrected chi connectivity index (χ4v) is 5.32. The van der Waals surface area contributed by atoms with E-state index >= 15 is 0 Å². The summed E-state index contributed by atoms with van der Waals surface area (Å²) < 4.78 is 31.5. The molecule has 0 radical (unpaired) electrons. The Balaban J connectivity index is 1.60. The number of aliphatic hydroxyl groups excluding tert-OH is 1. The molecule has 30 heavy (non-hydrogen) atoms. The highest BCUT2D eigenvalue weighted by Crippen LogP contribution is 2.33. The summed E-state index contributed by atoms with van der Waals surface area (Å²) in [6.45, 7) is 2.08. The molecular formula is C22H20Br2N2O3S. The Morgan fingerprint density at radius 3 is 2.00 bits per heavy atom. The van der Waals surface area contributed by atoms with Gasteiger partial charge in [0.1, 0.15) is 0 Å². The molecule has 0 amide bonds. The standard InChI is InChI=1S/C22H20Br2N2O3S/c1-14-2-6-18(7-3-14)30(28,29)25-12-17(27)13-26-21-8-4-15(23)10-19(21)20-11-16(24)5-9-22(20)26/h2-11,17,25,27H,12-13H2,1H3. The van der Waals surface area contributed by atoms with E-state index in [0.717, 1.165) is 36.3 Å². The third kappa shape index (κ3) is 4.33. The molecule has 0 aliphatic rings. The number of aliphatic hydroxyl groups is 1. The normalized spacial score (nSPS) is 13.2. The second-order valence-corrected chi connectivity index (χ2v) is 10.9. The van der Waals surface area contributed by atoms with Crippen LogP contribution in [0.25, 0.3) is 21.8 Å². The largest absolute Gasteiger partial charge is 0.390 e. The van der Waals surface area contributed by atoms with Crippen molar-refractivity contribution in [2.24, 2.45) is 0 Å². The van der Waals surface area contributed by atoms with Crippen molar-refractivity contribution < 1.29 is 13.5 Å². The monoisotopic (exact) mass is 550 g/mol. The lowest BCUT2D eigenvalue weighted by atomic mass is 10.2. The van der Waals surface area contributed by atoms with Crippen LogP contribution in [0.2, 0.25) is 0 Å². The van der Waals surface area contributed by atoms with Gasteiger partial charge in [-0.15, -0.1) is 0 Å². The van der Waals surface area contributed by atoms with Gasteiger partial charge >= 0.3 is 0 Å². The van der Waals surface area contributed by atoms with Crippen molar-refractivity contribution in [3.8, 4) is 0 Å². The van der Waals surface area contributed by atoms with Crippen LogP contribution in [-0.2, 0) is 16.6 Å². The summed E-state index contributed by atoms with van der Waals surface area (Å²) in [4.78, 5) is 0.187. The van der Waals surface area contributed by atoms with Crippen LogP contribution in [0.1, 0.15) is 5.56 Å². The lowest BCUT2D eigenvalue weighted by molar-refractivity contribution is 0.161. The maximum atomic E-state index is 12.5. The van der Waals surface area contributed by atoms with Crippen molar-refractivity contribution in [2.75, 3.05) is 6.54 Å². The van der Waals surface area contributed by atoms with E-state index in [1.807, 2.05) is 47.9 Å². The number of sulfonamides is 1. The van der Waals surface area contributed by atoms with Gasteiger partial charge in [-0.05, 0) is 55.5 Å². The van der Waals surface area contributed by atoms with Crippen molar-refractivity contribution in [3.63, 3.8) is 0 Å². The highest BCUT2D eigenvalue weighted by molar-refractivity contribution is 9.10. The van der Waals surface area contributed by atoms with Crippen molar-refractivity contribution >= 4 is 63.7 Å². The van der Waals surface area contributed by atoms with E-state index in [1.165, 1.54) is 0 Å². The number of hydrogen-bond donors (Lipinski definition) is 2. The molecule has 3 aromatic carbocycles. The molecule has 4 aromatic rings. The van der Waals surface area contributed by atoms with Gasteiger partial charge in [0, 0.05) is 37.3 Å². The zero-order chi connectivity index (χ0) is 21.5. The molecule has 1 heterocycles. The Hall–Kier alpha value is -1.71. The average Bonchev–Trinajstić information content (AvgIpc) is 2.99. The van der Waals surface area contributed by atoms with Gasteiger partial charge in [-0.2, -0.15) is 0 Å². The van der Waals surface area contributed by atoms with E-state index < -0.39 is 16.1 Å². The molecule has 1 unspecified atom stereocenters. The Bertz CT molecular complexity index is 1270. The van der Waals surface area contributed by atoms with Crippen LogP contribution in [0.3, 0.4) is 0 Å². The van der Waals surface area contributed by atoms with E-state index in [4.69, 9.17) is 0 Å². The van der Waals surface area contributed by atoms with Gasteiger partial charge in [0.15, 0.2) is 0 Å². The van der Waals surface area contributed by atoms with Gasteiger partial charge in [-0.1, -0.05) is 49.6 Å². The van der Waals surface area contributed by atoms with E-state index in [0.29, 0.717) is 0 Å². The molecule has 0 bridgehead atoms. The Kier molecular flexibility index (Phi) is 6.05. The minimum atomic E-state index is -3.68. The third-order valence-corrected chi connectivity index (χ3v) is 7.45. The summed E-state index contributed by atoms with van der Waals surface area (Å²) in [5.74, 6) is 0. The Morgan fingerprint density at radius 2 is 1.47 bits per heavy atom. The van der Waals surface area contributed by atoms with Gasteiger partial charge in [0.2, 0.25) is 10.0 Å². The molecule has 8 heteroatoms. The van der Waals surface area contributed by atoms with Crippen LogP contribution >= 0.6 is 31.9 Å². The van der Waals surface area contributed by atoms with Crippen LogP contribution in [0, 0.1) is 6.92 Å². The summed E-state index contributed by atoms with van der Waals surface area (Å²) in [6, 6.07) is 18.6. The fourth-order valence-electron chi connectivity index (χ4n) is 3.53. The number of rotatable bonds is 6. The first-order valence-corrected chi connectivity index (χ1v) is 12.4. The minimum absolute atomic E-state index is 0.0789. The molecule has 0 spiro atoms. The van der Waals surface area contributed by atoms with Crippen LogP contribution in [0.4, 0.5) is 0 Å². The van der Waals surface area contributed by atoms with Crippen molar-refractivity contribution in [3.05, 3.63) is 75.2 Å². The molecule has 0 saturated carbocycles. The number of benzene rings is 3. The number of aryl methyl sites for hydroxylation is 1. The molecule has 0 fully saturated rings. The maximum Gasteiger partial charge on any atom is 0.240 e. The predicted octanol–water partition coefficient (Wildman–Crippen LogP) is 4.97. The minimum Gasteiger partial charge on any atom is -0.390 e. The molecule has 2 N–H and O–H groups in total. The highest BCUT2D eigenvalue weighted by atomic mass is 79.9. The summed E-state index contributed by atoms with van der Waals surface area (Å²) in [6.07, 6.45) is -0.892. The van der Waals surface area contributed by atoms with Gasteiger partial charge in [0.25, 0.3) is 0 Å². The molecule has 0 saturated heterocycles. The number of nitrogens with one attached hydrogen (secondary N) is 1. The topological polar surface area (TPSA) is 71.3 Å². The Labute approximate surface area is 192 Å². The molecule has 4 rings (SSSR count). The molecule has 1 atom stereocenters. The smallest absolute Gasteiger partial charge is 0.240 e. The summed E-state index contributed by atoms with van der Waals surface area (Å²) >= 11 is 7.05. The number of fused-ring (bicyclic) bond motifs is 3. The summed E-state index contributed by atoms with van der Waals surface area (Å²) in [7, 11) is -3.68. The van der Waals surface area contributed by atoms with Gasteiger partial charge in [0.05, 0.1) is 17.5 Å². The molecule has 156 valence electrons. The van der Waals surface area contributed by atoms with Crippen LogP contribution in [0.15, 0.2) is 74.5 Å². The SMILES string of the molecule is Cc1ccc(S(=O)(=O)NCC(O)Cn2c3ccc(Br)cc3c3cc(Br)ccc32)cc1. The fraction of sp³-hybridized carbons (Fsp3) is 0.182. The molecule has 5 nitrogen and oxygen atoms in total. The molecule has 1 aromatic heterocycles. The zero-order valence-corrected chi connectivity index (χ0v) is 20.1. The number of halogens is 2. The van der Waals surface area contributed by atoms with Crippen molar-refractivity contribution in [2.45, 2.75) is 24.5 Å². The lowest BCUT2D eigenvalue weighted by Gasteiger charge is -2.15. The van der Waals surface area contributed by atoms with Gasteiger partial charge < -0.3 is 9.67 Å².